The van der Waals surface area contributed by atoms with Gasteiger partial charge in [0.1, 0.15) is 0 Å². The molecule has 6 heteroatoms. The van der Waals surface area contributed by atoms with Gasteiger partial charge in [-0.2, -0.15) is 18.3 Å². The molecule has 1 heterocycles. The van der Waals surface area contributed by atoms with Crippen LogP contribution in [-0.2, 0) is 11.0 Å². The first-order chi connectivity index (χ1) is 6.36. The zero-order valence-corrected chi connectivity index (χ0v) is 7.59. The second-order valence-corrected chi connectivity index (χ2v) is 3.06. The molecule has 0 aromatic carbocycles. The van der Waals surface area contributed by atoms with Crippen LogP contribution in [0.4, 0.5) is 13.2 Å². The van der Waals surface area contributed by atoms with E-state index in [0.29, 0.717) is 0 Å². The molecule has 1 aromatic heterocycles. The Morgan fingerprint density at radius 1 is 1.50 bits per heavy atom. The van der Waals surface area contributed by atoms with Crippen LogP contribution in [0, 0.1) is 0 Å². The van der Waals surface area contributed by atoms with Crippen LogP contribution in [0.2, 0.25) is 0 Å². The Kier molecular flexibility index (Phi) is 2.64. The maximum Gasteiger partial charge on any atom is 0.435 e. The van der Waals surface area contributed by atoms with Crippen molar-refractivity contribution in [3.63, 3.8) is 0 Å². The summed E-state index contributed by atoms with van der Waals surface area (Å²) in [5.41, 5.74) is -1.73. The first kappa shape index (κ1) is 10.7. The number of carbonyl (C=O) groups excluding carboxylic acids is 1. The molecule has 3 nitrogen and oxygen atoms in total. The lowest BCUT2D eigenvalue weighted by atomic mass is 10.3. The summed E-state index contributed by atoms with van der Waals surface area (Å²) in [6.45, 7) is 3.34. The molecule has 0 bridgehead atoms. The Morgan fingerprint density at radius 2 is 2.07 bits per heavy atom. The van der Waals surface area contributed by atoms with E-state index >= 15 is 0 Å². The molecule has 0 N–H and O–H groups in total. The number of aromatic nitrogens is 2. The van der Waals surface area contributed by atoms with Gasteiger partial charge >= 0.3 is 6.18 Å². The summed E-state index contributed by atoms with van der Waals surface area (Å²) >= 11 is 0. The number of halogens is 3. The van der Waals surface area contributed by atoms with Crippen LogP contribution >= 0.6 is 0 Å². The van der Waals surface area contributed by atoms with Crippen LogP contribution in [0.3, 0.4) is 0 Å². The van der Waals surface area contributed by atoms with Gasteiger partial charge in [0.25, 0.3) is 0 Å². The van der Waals surface area contributed by atoms with Crippen LogP contribution < -0.4 is 0 Å². The number of rotatable bonds is 2. The van der Waals surface area contributed by atoms with Gasteiger partial charge in [0.2, 0.25) is 6.29 Å². The van der Waals surface area contributed by atoms with Crippen molar-refractivity contribution in [2.24, 2.45) is 0 Å². The Balaban J connectivity index is 3.22. The molecule has 0 atom stereocenters. The van der Waals surface area contributed by atoms with Gasteiger partial charge in [-0.05, 0) is 13.8 Å². The number of hydrogen-bond acceptors (Lipinski definition) is 2. The van der Waals surface area contributed by atoms with Gasteiger partial charge < -0.3 is 0 Å². The molecule has 77 valence electrons. The van der Waals surface area contributed by atoms with Gasteiger partial charge in [0.15, 0.2) is 5.69 Å². The zero-order chi connectivity index (χ0) is 10.9. The largest absolute Gasteiger partial charge is 0.435 e. The van der Waals surface area contributed by atoms with E-state index in [2.05, 4.69) is 5.10 Å². The van der Waals surface area contributed by atoms with E-state index in [1.165, 1.54) is 6.29 Å². The van der Waals surface area contributed by atoms with Crippen molar-refractivity contribution in [2.75, 3.05) is 0 Å². The Hall–Kier alpha value is -1.33. The van der Waals surface area contributed by atoms with Crippen molar-refractivity contribution >= 4 is 6.29 Å². The first-order valence-corrected chi connectivity index (χ1v) is 3.90. The molecule has 0 unspecified atom stereocenters. The summed E-state index contributed by atoms with van der Waals surface area (Å²) in [4.78, 5) is 10.2. The van der Waals surface area contributed by atoms with E-state index in [1.54, 1.807) is 13.8 Å². The second-order valence-electron chi connectivity index (χ2n) is 3.06. The van der Waals surface area contributed by atoms with Crippen LogP contribution in [0.15, 0.2) is 6.20 Å². The van der Waals surface area contributed by atoms with Gasteiger partial charge in [-0.1, -0.05) is 0 Å². The predicted octanol–water partition coefficient (Wildman–Crippen LogP) is 1.94. The third-order valence-corrected chi connectivity index (χ3v) is 1.64. The molecule has 14 heavy (non-hydrogen) atoms. The van der Waals surface area contributed by atoms with E-state index < -0.39 is 17.4 Å². The summed E-state index contributed by atoms with van der Waals surface area (Å²) in [5, 5.41) is 3.28. The molecule has 0 amide bonds. The average molecular weight is 205 g/mol. The summed E-state index contributed by atoms with van der Waals surface area (Å²) in [5.74, 6) is 0. The Bertz CT molecular complexity index is 341. The molecule has 1 radical (unpaired) electrons. The predicted molar refractivity (Wildman–Crippen MR) is 42.4 cm³/mol. The lowest BCUT2D eigenvalue weighted by Gasteiger charge is -2.04. The molecular weight excluding hydrogens is 197 g/mol. The molecule has 1 aromatic rings. The first-order valence-electron chi connectivity index (χ1n) is 3.90. The topological polar surface area (TPSA) is 34.9 Å². The molecule has 0 aliphatic heterocycles. The van der Waals surface area contributed by atoms with Crippen molar-refractivity contribution in [1.82, 2.24) is 9.78 Å². The highest BCUT2D eigenvalue weighted by Gasteiger charge is 2.37. The quantitative estimate of drug-likeness (QED) is 0.739. The zero-order valence-electron chi connectivity index (χ0n) is 7.59. The van der Waals surface area contributed by atoms with Gasteiger partial charge in [-0.15, -0.1) is 0 Å². The van der Waals surface area contributed by atoms with Crippen molar-refractivity contribution in [3.8, 4) is 0 Å². The van der Waals surface area contributed by atoms with E-state index in [-0.39, 0.29) is 6.04 Å². The number of nitrogens with zero attached hydrogens (tertiary/aromatic N) is 2. The molecule has 0 fully saturated rings. The van der Waals surface area contributed by atoms with Crippen molar-refractivity contribution in [3.05, 3.63) is 17.5 Å². The summed E-state index contributed by atoms with van der Waals surface area (Å²) in [7, 11) is 0. The standard InChI is InChI=1S/C8H8F3N2O/c1-5(2)13-3-6(4-14)7(12-13)8(9,10)11/h3,5H,1-2H3. The van der Waals surface area contributed by atoms with Gasteiger partial charge in [-0.25, -0.2) is 0 Å². The normalized spacial score (nSPS) is 12.1. The molecule has 0 aliphatic rings. The van der Waals surface area contributed by atoms with Crippen LogP contribution in [0.25, 0.3) is 0 Å². The van der Waals surface area contributed by atoms with Crippen LogP contribution in [0.5, 0.6) is 0 Å². The van der Waals surface area contributed by atoms with Gasteiger partial charge in [0.05, 0.1) is 5.56 Å². The average Bonchev–Trinajstić information content (AvgIpc) is 2.46. The number of alkyl halides is 3. The van der Waals surface area contributed by atoms with Crippen molar-refractivity contribution in [2.45, 2.75) is 26.1 Å². The van der Waals surface area contributed by atoms with Gasteiger partial charge in [-0.3, -0.25) is 9.48 Å². The fraction of sp³-hybridized carbons (Fsp3) is 0.500. The third-order valence-electron chi connectivity index (χ3n) is 1.64. The Labute approximate surface area is 78.5 Å². The Morgan fingerprint density at radius 3 is 2.36 bits per heavy atom. The van der Waals surface area contributed by atoms with Crippen molar-refractivity contribution < 1.29 is 18.0 Å². The summed E-state index contributed by atoms with van der Waals surface area (Å²) < 4.78 is 37.9. The second kappa shape index (κ2) is 3.43. The highest BCUT2D eigenvalue weighted by Crippen LogP contribution is 2.30. The molecule has 0 saturated carbocycles. The van der Waals surface area contributed by atoms with Crippen LogP contribution in [-0.4, -0.2) is 16.1 Å². The fourth-order valence-corrected chi connectivity index (χ4v) is 0.940. The summed E-state index contributed by atoms with van der Waals surface area (Å²) in [6.07, 6.45) is -2.34. The molecule has 0 saturated heterocycles. The number of hydrogen-bond donors (Lipinski definition) is 0. The SMILES string of the molecule is CC(C)n1cc([C]=O)c(C(F)(F)F)n1. The molecule has 0 aliphatic carbocycles. The van der Waals surface area contributed by atoms with Crippen LogP contribution in [0.1, 0.15) is 31.1 Å². The highest BCUT2D eigenvalue weighted by atomic mass is 19.4. The monoisotopic (exact) mass is 205 g/mol. The minimum atomic E-state index is -4.60. The van der Waals surface area contributed by atoms with Crippen molar-refractivity contribution in [1.29, 1.82) is 0 Å². The highest BCUT2D eigenvalue weighted by molar-refractivity contribution is 5.76. The fourth-order valence-electron chi connectivity index (χ4n) is 0.940. The summed E-state index contributed by atoms with van der Waals surface area (Å²) in [6, 6.07) is -0.224. The smallest absolute Gasteiger partial charge is 0.285 e. The van der Waals surface area contributed by atoms with E-state index in [4.69, 9.17) is 0 Å². The lowest BCUT2D eigenvalue weighted by Crippen LogP contribution is -2.10. The van der Waals surface area contributed by atoms with Gasteiger partial charge in [0, 0.05) is 12.2 Å². The maximum atomic E-state index is 12.3. The van der Waals surface area contributed by atoms with E-state index in [1.807, 2.05) is 0 Å². The lowest BCUT2D eigenvalue weighted by molar-refractivity contribution is -0.141. The maximum absolute atomic E-state index is 12.3. The minimum absolute atomic E-state index is 0.224. The van der Waals surface area contributed by atoms with E-state index in [9.17, 15) is 18.0 Å². The third kappa shape index (κ3) is 1.94. The van der Waals surface area contributed by atoms with E-state index in [0.717, 1.165) is 10.9 Å². The molecular formula is C8H8F3N2O. The molecule has 1 rings (SSSR count). The molecule has 0 spiro atoms. The minimum Gasteiger partial charge on any atom is -0.285 e.